The van der Waals surface area contributed by atoms with Crippen molar-refractivity contribution >= 4 is 29.2 Å². The van der Waals surface area contributed by atoms with Crippen LogP contribution in [0.25, 0.3) is 0 Å². The number of carboxylic acids is 1. The van der Waals surface area contributed by atoms with Crippen LogP contribution in [0, 0.1) is 0 Å². The molecule has 0 bridgehead atoms. The van der Waals surface area contributed by atoms with Gasteiger partial charge in [0.15, 0.2) is 12.2 Å². The van der Waals surface area contributed by atoms with E-state index in [0.29, 0.717) is 0 Å². The molecular formula is C10H10ClNO5. The molecule has 0 heterocycles. The molecule has 0 aliphatic heterocycles. The van der Waals surface area contributed by atoms with Gasteiger partial charge in [0.25, 0.3) is 5.91 Å². The molecule has 6 nitrogen and oxygen atoms in total. The van der Waals surface area contributed by atoms with Gasteiger partial charge in [-0.15, -0.1) is 0 Å². The van der Waals surface area contributed by atoms with Crippen LogP contribution in [0.2, 0.25) is 5.02 Å². The smallest absolute Gasteiger partial charge is 0.335 e. The van der Waals surface area contributed by atoms with Crippen LogP contribution < -0.4 is 5.32 Å². The lowest BCUT2D eigenvalue weighted by Crippen LogP contribution is -2.42. The fraction of sp³-hybridized carbons (Fsp3) is 0.200. The van der Waals surface area contributed by atoms with E-state index in [1.165, 1.54) is 12.1 Å². The molecule has 0 saturated heterocycles. The highest BCUT2D eigenvalue weighted by atomic mass is 35.5. The van der Waals surface area contributed by atoms with Crippen LogP contribution in [-0.4, -0.2) is 39.4 Å². The molecule has 4 N–H and O–H groups in total. The zero-order chi connectivity index (χ0) is 13.0. The molecule has 1 aromatic carbocycles. The molecule has 2 atom stereocenters. The Hall–Kier alpha value is -1.63. The van der Waals surface area contributed by atoms with Crippen molar-refractivity contribution in [2.24, 2.45) is 0 Å². The minimum Gasteiger partial charge on any atom is -0.479 e. The standard InChI is InChI=1S/C10H10ClNO5/c11-5-3-1-2-4-6(5)12-9(15)7(13)8(14)10(16)17/h1-4,7-8,13-14H,(H,12,15)(H,16,17)/t7-,8-/m1/s1. The normalized spacial score (nSPS) is 13.8. The Labute approximate surface area is 101 Å². The highest BCUT2D eigenvalue weighted by molar-refractivity contribution is 6.33. The van der Waals surface area contributed by atoms with Crippen LogP contribution in [0.5, 0.6) is 0 Å². The van der Waals surface area contributed by atoms with Gasteiger partial charge in [-0.3, -0.25) is 4.79 Å². The minimum absolute atomic E-state index is 0.218. The average Bonchev–Trinajstić information content (AvgIpc) is 2.30. The summed E-state index contributed by atoms with van der Waals surface area (Å²) in [4.78, 5) is 21.7. The zero-order valence-corrected chi connectivity index (χ0v) is 9.26. The molecule has 0 unspecified atom stereocenters. The summed E-state index contributed by atoms with van der Waals surface area (Å²) in [6.45, 7) is 0. The molecule has 7 heteroatoms. The summed E-state index contributed by atoms with van der Waals surface area (Å²) >= 11 is 5.74. The van der Waals surface area contributed by atoms with Crippen molar-refractivity contribution in [1.29, 1.82) is 0 Å². The van der Waals surface area contributed by atoms with Crippen LogP contribution in [0.4, 0.5) is 5.69 Å². The molecule has 0 aliphatic rings. The number of hydrogen-bond acceptors (Lipinski definition) is 4. The van der Waals surface area contributed by atoms with E-state index in [4.69, 9.17) is 21.8 Å². The third-order valence-corrected chi connectivity index (χ3v) is 2.28. The number of carbonyl (C=O) groups is 2. The molecule has 0 spiro atoms. The van der Waals surface area contributed by atoms with E-state index in [9.17, 15) is 14.7 Å². The number of carbonyl (C=O) groups excluding carboxylic acids is 1. The average molecular weight is 260 g/mol. The van der Waals surface area contributed by atoms with Crippen LogP contribution in [0.3, 0.4) is 0 Å². The quantitative estimate of drug-likeness (QED) is 0.613. The number of carboxylic acid groups (broad SMARTS) is 1. The lowest BCUT2D eigenvalue weighted by Gasteiger charge is -2.14. The Balaban J connectivity index is 2.73. The molecule has 1 rings (SSSR count). The Bertz CT molecular complexity index is 436. The molecule has 0 fully saturated rings. The Morgan fingerprint density at radius 1 is 1.18 bits per heavy atom. The molecule has 1 amide bonds. The largest absolute Gasteiger partial charge is 0.479 e. The van der Waals surface area contributed by atoms with E-state index < -0.39 is 24.1 Å². The second-order valence-electron chi connectivity index (χ2n) is 3.20. The number of para-hydroxylation sites is 1. The second-order valence-corrected chi connectivity index (χ2v) is 3.60. The fourth-order valence-corrected chi connectivity index (χ4v) is 1.23. The number of anilines is 1. The lowest BCUT2D eigenvalue weighted by molar-refractivity contribution is -0.156. The van der Waals surface area contributed by atoms with Crippen LogP contribution in [0.1, 0.15) is 0 Å². The van der Waals surface area contributed by atoms with Gasteiger partial charge in [0.1, 0.15) is 0 Å². The number of amides is 1. The SMILES string of the molecule is O=C(O)[C@H](O)[C@@H](O)C(=O)Nc1ccccc1Cl. The summed E-state index contributed by atoms with van der Waals surface area (Å²) in [6, 6.07) is 6.22. The van der Waals surface area contributed by atoms with E-state index in [2.05, 4.69) is 5.32 Å². The summed E-state index contributed by atoms with van der Waals surface area (Å²) < 4.78 is 0. The summed E-state index contributed by atoms with van der Waals surface area (Å²) in [5, 5.41) is 29.0. The van der Waals surface area contributed by atoms with Crippen LogP contribution >= 0.6 is 11.6 Å². The number of benzene rings is 1. The van der Waals surface area contributed by atoms with E-state index in [1.54, 1.807) is 12.1 Å². The van der Waals surface area contributed by atoms with Gasteiger partial charge in [0, 0.05) is 0 Å². The number of aliphatic hydroxyl groups is 2. The molecule has 1 aromatic rings. The third kappa shape index (κ3) is 3.42. The van der Waals surface area contributed by atoms with E-state index >= 15 is 0 Å². The minimum atomic E-state index is -2.18. The maximum absolute atomic E-state index is 11.4. The van der Waals surface area contributed by atoms with Crippen molar-refractivity contribution in [3.63, 3.8) is 0 Å². The third-order valence-electron chi connectivity index (χ3n) is 1.95. The maximum Gasteiger partial charge on any atom is 0.335 e. The Kier molecular flexibility index (Phi) is 4.45. The molecule has 0 saturated carbocycles. The van der Waals surface area contributed by atoms with Crippen molar-refractivity contribution in [2.45, 2.75) is 12.2 Å². The van der Waals surface area contributed by atoms with Crippen molar-refractivity contribution in [3.05, 3.63) is 29.3 Å². The zero-order valence-electron chi connectivity index (χ0n) is 8.50. The number of halogens is 1. The van der Waals surface area contributed by atoms with Crippen LogP contribution in [-0.2, 0) is 9.59 Å². The molecular weight excluding hydrogens is 250 g/mol. The van der Waals surface area contributed by atoms with Gasteiger partial charge in [-0.25, -0.2) is 4.79 Å². The van der Waals surface area contributed by atoms with Gasteiger partial charge in [0.2, 0.25) is 0 Å². The van der Waals surface area contributed by atoms with Gasteiger partial charge in [-0.1, -0.05) is 23.7 Å². The highest BCUT2D eigenvalue weighted by Crippen LogP contribution is 2.20. The van der Waals surface area contributed by atoms with E-state index in [0.717, 1.165) is 0 Å². The molecule has 92 valence electrons. The van der Waals surface area contributed by atoms with Gasteiger partial charge in [0.05, 0.1) is 10.7 Å². The topological polar surface area (TPSA) is 107 Å². The first-order chi connectivity index (χ1) is 7.93. The number of hydrogen-bond donors (Lipinski definition) is 4. The first kappa shape index (κ1) is 13.4. The number of aliphatic hydroxyl groups excluding tert-OH is 2. The van der Waals surface area contributed by atoms with Gasteiger partial charge in [-0.05, 0) is 12.1 Å². The van der Waals surface area contributed by atoms with Gasteiger partial charge >= 0.3 is 5.97 Å². The number of rotatable bonds is 4. The van der Waals surface area contributed by atoms with Crippen molar-refractivity contribution < 1.29 is 24.9 Å². The van der Waals surface area contributed by atoms with Gasteiger partial charge in [-0.2, -0.15) is 0 Å². The first-order valence-electron chi connectivity index (χ1n) is 4.58. The van der Waals surface area contributed by atoms with Gasteiger partial charge < -0.3 is 20.6 Å². The van der Waals surface area contributed by atoms with Crippen molar-refractivity contribution in [2.75, 3.05) is 5.32 Å². The summed E-state index contributed by atoms with van der Waals surface area (Å²) in [5.74, 6) is -2.74. The number of nitrogens with one attached hydrogen (secondary N) is 1. The van der Waals surface area contributed by atoms with Crippen molar-refractivity contribution in [1.82, 2.24) is 0 Å². The van der Waals surface area contributed by atoms with Crippen LogP contribution in [0.15, 0.2) is 24.3 Å². The Morgan fingerprint density at radius 3 is 2.29 bits per heavy atom. The molecule has 0 aliphatic carbocycles. The molecule has 0 aromatic heterocycles. The number of aliphatic carboxylic acids is 1. The monoisotopic (exact) mass is 259 g/mol. The predicted octanol–water partition coefficient (Wildman–Crippen LogP) is 0.0849. The maximum atomic E-state index is 11.4. The molecule has 0 radical (unpaired) electrons. The summed E-state index contributed by atoms with van der Waals surface area (Å²) in [5.41, 5.74) is 0.218. The molecule has 17 heavy (non-hydrogen) atoms. The summed E-state index contributed by atoms with van der Waals surface area (Å²) in [7, 11) is 0. The fourth-order valence-electron chi connectivity index (χ4n) is 1.05. The van der Waals surface area contributed by atoms with E-state index in [1.807, 2.05) is 0 Å². The highest BCUT2D eigenvalue weighted by Gasteiger charge is 2.30. The summed E-state index contributed by atoms with van der Waals surface area (Å²) in [6.07, 6.45) is -4.25. The van der Waals surface area contributed by atoms with Crippen molar-refractivity contribution in [3.8, 4) is 0 Å². The second kappa shape index (κ2) is 5.62. The van der Waals surface area contributed by atoms with E-state index in [-0.39, 0.29) is 10.7 Å². The Morgan fingerprint density at radius 2 is 1.76 bits per heavy atom. The first-order valence-corrected chi connectivity index (χ1v) is 4.95. The predicted molar refractivity (Wildman–Crippen MR) is 59.7 cm³/mol. The lowest BCUT2D eigenvalue weighted by atomic mass is 10.2.